The van der Waals surface area contributed by atoms with Crippen molar-refractivity contribution in [1.82, 2.24) is 19.5 Å². The molecule has 2 N–H and O–H groups in total. The Bertz CT molecular complexity index is 1090. The normalized spacial score (nSPS) is 20.3. The van der Waals surface area contributed by atoms with Crippen molar-refractivity contribution in [2.75, 3.05) is 5.32 Å². The Hall–Kier alpha value is -2.51. The molecule has 3 heterocycles. The molecule has 1 aromatic carbocycles. The summed E-state index contributed by atoms with van der Waals surface area (Å²) in [5.74, 6) is 0. The maximum absolute atomic E-state index is 10.2. The molecule has 0 saturated heterocycles. The molecule has 27 heavy (non-hydrogen) atoms. The van der Waals surface area contributed by atoms with Crippen molar-refractivity contribution in [2.45, 2.75) is 44.4 Å². The smallest absolute Gasteiger partial charge is 0.184 e. The highest BCUT2D eigenvalue weighted by Crippen LogP contribution is 2.30. The van der Waals surface area contributed by atoms with Crippen molar-refractivity contribution in [3.8, 4) is 0 Å². The number of nitrogens with zero attached hydrogens (tertiary/aromatic N) is 4. The molecule has 0 radical (unpaired) electrons. The van der Waals surface area contributed by atoms with Crippen molar-refractivity contribution in [1.29, 1.82) is 0 Å². The summed E-state index contributed by atoms with van der Waals surface area (Å²) in [6, 6.07) is 10.3. The van der Waals surface area contributed by atoms with Crippen molar-refractivity contribution in [3.05, 3.63) is 48.4 Å². The van der Waals surface area contributed by atoms with E-state index in [1.165, 1.54) is 5.56 Å². The molecule has 6 nitrogen and oxygen atoms in total. The molecular formula is C20H21N5OS. The van der Waals surface area contributed by atoms with Gasteiger partial charge in [0.2, 0.25) is 0 Å². The van der Waals surface area contributed by atoms with Crippen LogP contribution < -0.4 is 5.32 Å². The van der Waals surface area contributed by atoms with E-state index in [2.05, 4.69) is 38.1 Å². The molecule has 1 aliphatic carbocycles. The van der Waals surface area contributed by atoms with Gasteiger partial charge in [0.15, 0.2) is 10.8 Å². The number of thiazole rings is 1. The fourth-order valence-corrected chi connectivity index (χ4v) is 4.77. The molecule has 1 aliphatic rings. The SMILES string of the molecule is O[C@@H]1CCCCC1Nc1nc2ccc(Cn3cnc4cccnc43)cc2s1. The Morgan fingerprint density at radius 3 is 3.00 bits per heavy atom. The Morgan fingerprint density at radius 2 is 2.07 bits per heavy atom. The molecule has 0 bridgehead atoms. The van der Waals surface area contributed by atoms with E-state index < -0.39 is 0 Å². The molecule has 1 saturated carbocycles. The lowest BCUT2D eigenvalue weighted by atomic mass is 9.93. The second-order valence-electron chi connectivity index (χ2n) is 7.14. The molecule has 0 spiro atoms. The summed E-state index contributed by atoms with van der Waals surface area (Å²) in [5, 5.41) is 14.5. The fraction of sp³-hybridized carbons (Fsp3) is 0.350. The third kappa shape index (κ3) is 3.28. The van der Waals surface area contributed by atoms with Crippen LogP contribution in [0.5, 0.6) is 0 Å². The fourth-order valence-electron chi connectivity index (χ4n) is 3.78. The second-order valence-corrected chi connectivity index (χ2v) is 8.17. The van der Waals surface area contributed by atoms with E-state index in [1.54, 1.807) is 17.5 Å². The van der Waals surface area contributed by atoms with Gasteiger partial charge in [0.05, 0.1) is 35.2 Å². The van der Waals surface area contributed by atoms with Gasteiger partial charge >= 0.3 is 0 Å². The van der Waals surface area contributed by atoms with Gasteiger partial charge in [-0.2, -0.15) is 0 Å². The minimum absolute atomic E-state index is 0.113. The molecule has 138 valence electrons. The number of aliphatic hydroxyl groups excluding tert-OH is 1. The topological polar surface area (TPSA) is 75.9 Å². The van der Waals surface area contributed by atoms with E-state index in [9.17, 15) is 5.11 Å². The van der Waals surface area contributed by atoms with Gasteiger partial charge in [-0.05, 0) is 42.7 Å². The van der Waals surface area contributed by atoms with E-state index in [-0.39, 0.29) is 12.1 Å². The summed E-state index contributed by atoms with van der Waals surface area (Å²) in [5.41, 5.74) is 4.00. The molecule has 0 aliphatic heterocycles. The average Bonchev–Trinajstić information content (AvgIpc) is 3.27. The average molecular weight is 379 g/mol. The standard InChI is InChI=1S/C20H21N5OS/c26-17-6-2-1-4-14(17)23-20-24-15-8-7-13(10-18(15)27-20)11-25-12-22-16-5-3-9-21-19(16)25/h3,5,7-10,12,14,17,26H,1-2,4,6,11H2,(H,23,24)/t14?,17-/m1/s1. The molecule has 5 rings (SSSR count). The van der Waals surface area contributed by atoms with Crippen LogP contribution in [-0.4, -0.2) is 36.8 Å². The van der Waals surface area contributed by atoms with Gasteiger partial charge < -0.3 is 15.0 Å². The second kappa shape index (κ2) is 6.90. The first-order chi connectivity index (χ1) is 13.3. The van der Waals surface area contributed by atoms with Crippen LogP contribution in [0.15, 0.2) is 42.9 Å². The number of rotatable bonds is 4. The Morgan fingerprint density at radius 1 is 1.15 bits per heavy atom. The highest BCUT2D eigenvalue weighted by molar-refractivity contribution is 7.22. The molecule has 1 fully saturated rings. The van der Waals surface area contributed by atoms with Gasteiger partial charge in [0, 0.05) is 6.20 Å². The third-order valence-corrected chi connectivity index (χ3v) is 6.17. The van der Waals surface area contributed by atoms with Crippen molar-refractivity contribution in [3.63, 3.8) is 0 Å². The third-order valence-electron chi connectivity index (χ3n) is 5.22. The van der Waals surface area contributed by atoms with Gasteiger partial charge in [-0.15, -0.1) is 0 Å². The van der Waals surface area contributed by atoms with Gasteiger partial charge in [0.1, 0.15) is 5.52 Å². The zero-order valence-electron chi connectivity index (χ0n) is 14.9. The number of aromatic nitrogens is 4. The van der Waals surface area contributed by atoms with Crippen LogP contribution >= 0.6 is 11.3 Å². The highest BCUT2D eigenvalue weighted by Gasteiger charge is 2.23. The van der Waals surface area contributed by atoms with Crippen LogP contribution in [-0.2, 0) is 6.54 Å². The molecule has 7 heteroatoms. The molecule has 3 aromatic heterocycles. The summed E-state index contributed by atoms with van der Waals surface area (Å²) in [6.45, 7) is 0.728. The van der Waals surface area contributed by atoms with Crippen LogP contribution in [0.3, 0.4) is 0 Å². The summed E-state index contributed by atoms with van der Waals surface area (Å²) in [6.07, 6.45) is 7.51. The number of anilines is 1. The number of aliphatic hydroxyl groups is 1. The number of fused-ring (bicyclic) bond motifs is 2. The number of pyridine rings is 1. The van der Waals surface area contributed by atoms with Gasteiger partial charge in [0.25, 0.3) is 0 Å². The van der Waals surface area contributed by atoms with Crippen molar-refractivity contribution in [2.24, 2.45) is 0 Å². The van der Waals surface area contributed by atoms with Crippen LogP contribution in [0.2, 0.25) is 0 Å². The maximum atomic E-state index is 10.2. The van der Waals surface area contributed by atoms with Crippen molar-refractivity contribution >= 4 is 37.8 Å². The predicted octanol–water partition coefficient (Wildman–Crippen LogP) is 3.80. The maximum Gasteiger partial charge on any atom is 0.184 e. The zero-order chi connectivity index (χ0) is 18.2. The predicted molar refractivity (Wildman–Crippen MR) is 108 cm³/mol. The first-order valence-electron chi connectivity index (χ1n) is 9.36. The van der Waals surface area contributed by atoms with Crippen LogP contribution in [0.1, 0.15) is 31.2 Å². The molecule has 0 amide bonds. The van der Waals surface area contributed by atoms with E-state index >= 15 is 0 Å². The van der Waals surface area contributed by atoms with Gasteiger partial charge in [-0.1, -0.05) is 30.2 Å². The van der Waals surface area contributed by atoms with Crippen LogP contribution in [0.25, 0.3) is 21.4 Å². The van der Waals surface area contributed by atoms with E-state index in [0.29, 0.717) is 0 Å². The summed E-state index contributed by atoms with van der Waals surface area (Å²) >= 11 is 1.65. The summed E-state index contributed by atoms with van der Waals surface area (Å²) < 4.78 is 3.22. The van der Waals surface area contributed by atoms with Crippen LogP contribution in [0, 0.1) is 0 Å². The Labute approximate surface area is 160 Å². The van der Waals surface area contributed by atoms with E-state index in [4.69, 9.17) is 4.98 Å². The number of nitrogens with one attached hydrogen (secondary N) is 1. The van der Waals surface area contributed by atoms with E-state index in [1.807, 2.05) is 18.5 Å². The lowest BCUT2D eigenvalue weighted by molar-refractivity contribution is 0.116. The van der Waals surface area contributed by atoms with Gasteiger partial charge in [-0.3, -0.25) is 0 Å². The lowest BCUT2D eigenvalue weighted by Gasteiger charge is -2.27. The number of benzene rings is 1. The quantitative estimate of drug-likeness (QED) is 0.564. The number of imidazole rings is 1. The molecular weight excluding hydrogens is 358 g/mol. The Balaban J connectivity index is 1.39. The monoisotopic (exact) mass is 379 g/mol. The summed E-state index contributed by atoms with van der Waals surface area (Å²) in [4.78, 5) is 13.5. The zero-order valence-corrected chi connectivity index (χ0v) is 15.7. The molecule has 4 aromatic rings. The number of hydrogen-bond donors (Lipinski definition) is 2. The van der Waals surface area contributed by atoms with Gasteiger partial charge in [-0.25, -0.2) is 15.0 Å². The largest absolute Gasteiger partial charge is 0.391 e. The highest BCUT2D eigenvalue weighted by atomic mass is 32.1. The van der Waals surface area contributed by atoms with E-state index in [0.717, 1.165) is 58.7 Å². The molecule has 2 atom stereocenters. The first kappa shape index (κ1) is 16.6. The minimum Gasteiger partial charge on any atom is -0.391 e. The van der Waals surface area contributed by atoms with Crippen molar-refractivity contribution < 1.29 is 5.11 Å². The lowest BCUT2D eigenvalue weighted by Crippen LogP contribution is -2.36. The number of hydrogen-bond acceptors (Lipinski definition) is 6. The van der Waals surface area contributed by atoms with Crippen LogP contribution in [0.4, 0.5) is 5.13 Å². The Kier molecular flexibility index (Phi) is 4.26. The summed E-state index contributed by atoms with van der Waals surface area (Å²) in [7, 11) is 0. The minimum atomic E-state index is -0.275. The first-order valence-corrected chi connectivity index (χ1v) is 10.2. The molecule has 1 unspecified atom stereocenters.